The van der Waals surface area contributed by atoms with Crippen molar-refractivity contribution in [2.75, 3.05) is 22.1 Å². The van der Waals surface area contributed by atoms with E-state index in [2.05, 4.69) is 10.6 Å². The zero-order valence-electron chi connectivity index (χ0n) is 13.9. The van der Waals surface area contributed by atoms with Crippen molar-refractivity contribution in [1.29, 1.82) is 0 Å². The van der Waals surface area contributed by atoms with E-state index in [4.69, 9.17) is 0 Å². The highest BCUT2D eigenvalue weighted by molar-refractivity contribution is 6.02. The average Bonchev–Trinajstić information content (AvgIpc) is 2.55. The zero-order valence-corrected chi connectivity index (χ0v) is 13.9. The second-order valence-corrected chi connectivity index (χ2v) is 5.36. The highest BCUT2D eigenvalue weighted by Crippen LogP contribution is 2.19. The molecule has 0 aliphatic rings. The molecule has 0 fully saturated rings. The summed E-state index contributed by atoms with van der Waals surface area (Å²) in [5.74, 6) is -1.62. The van der Waals surface area contributed by atoms with Crippen LogP contribution in [0.15, 0.2) is 48.5 Å². The second-order valence-electron chi connectivity index (χ2n) is 5.36. The molecule has 3 amide bonds. The molecule has 0 saturated heterocycles. The number of nitrogens with one attached hydrogen (secondary N) is 2. The first-order valence-electron chi connectivity index (χ1n) is 7.57. The van der Waals surface area contributed by atoms with Gasteiger partial charge in [-0.2, -0.15) is 0 Å². The summed E-state index contributed by atoms with van der Waals surface area (Å²) < 4.78 is 13.6. The maximum absolute atomic E-state index is 13.6. The molecule has 0 heterocycles. The highest BCUT2D eigenvalue weighted by Gasteiger charge is 2.16. The fourth-order valence-corrected chi connectivity index (χ4v) is 2.21. The summed E-state index contributed by atoms with van der Waals surface area (Å²) in [6, 6.07) is 12.3. The van der Waals surface area contributed by atoms with E-state index in [1.54, 1.807) is 30.3 Å². The molecule has 0 unspecified atom stereocenters. The minimum Gasteiger partial charge on any atom is -0.326 e. The van der Waals surface area contributed by atoms with Gasteiger partial charge in [0.15, 0.2) is 0 Å². The van der Waals surface area contributed by atoms with Crippen LogP contribution in [0.4, 0.5) is 21.5 Å². The topological polar surface area (TPSA) is 78.5 Å². The Hall–Kier alpha value is -3.22. The van der Waals surface area contributed by atoms with Crippen molar-refractivity contribution in [3.63, 3.8) is 0 Å². The Morgan fingerprint density at radius 2 is 1.60 bits per heavy atom. The van der Waals surface area contributed by atoms with E-state index in [1.165, 1.54) is 36.9 Å². The van der Waals surface area contributed by atoms with Crippen molar-refractivity contribution >= 4 is 34.8 Å². The molecule has 7 heteroatoms. The van der Waals surface area contributed by atoms with Gasteiger partial charge < -0.3 is 15.5 Å². The first kappa shape index (κ1) is 18.1. The number of rotatable bonds is 5. The van der Waals surface area contributed by atoms with Gasteiger partial charge in [-0.05, 0) is 36.4 Å². The number of carbonyl (C=O) groups excluding carboxylic acids is 3. The maximum atomic E-state index is 13.6. The molecular formula is C18H18FN3O3. The van der Waals surface area contributed by atoms with Gasteiger partial charge in [-0.3, -0.25) is 14.4 Å². The standard InChI is InChI=1S/C18H18FN3O3/c1-12(23)20-14-7-9-15(10-8-14)22(13(2)24)11-18(25)21-17-6-4-3-5-16(17)19/h3-10H,11H2,1-2H3,(H,20,23)(H,21,25). The van der Waals surface area contributed by atoms with E-state index >= 15 is 0 Å². The van der Waals surface area contributed by atoms with Gasteiger partial charge in [-0.15, -0.1) is 0 Å². The Morgan fingerprint density at radius 1 is 0.960 bits per heavy atom. The molecule has 0 spiro atoms. The van der Waals surface area contributed by atoms with Gasteiger partial charge in [0.2, 0.25) is 17.7 Å². The van der Waals surface area contributed by atoms with Crippen LogP contribution in [-0.2, 0) is 14.4 Å². The average molecular weight is 343 g/mol. The Kier molecular flexibility index (Phi) is 5.84. The van der Waals surface area contributed by atoms with Crippen molar-refractivity contribution < 1.29 is 18.8 Å². The summed E-state index contributed by atoms with van der Waals surface area (Å²) >= 11 is 0. The van der Waals surface area contributed by atoms with Crippen LogP contribution < -0.4 is 15.5 Å². The normalized spacial score (nSPS) is 10.0. The van der Waals surface area contributed by atoms with E-state index in [1.807, 2.05) is 0 Å². The summed E-state index contributed by atoms with van der Waals surface area (Å²) in [6.45, 7) is 2.46. The summed E-state index contributed by atoms with van der Waals surface area (Å²) in [4.78, 5) is 36.3. The Balaban J connectivity index is 2.10. The van der Waals surface area contributed by atoms with Crippen molar-refractivity contribution in [1.82, 2.24) is 0 Å². The number of hydrogen-bond acceptors (Lipinski definition) is 3. The summed E-state index contributed by atoms with van der Waals surface area (Å²) in [6.07, 6.45) is 0. The van der Waals surface area contributed by atoms with Crippen LogP contribution in [0.3, 0.4) is 0 Å². The molecule has 130 valence electrons. The van der Waals surface area contributed by atoms with Crippen LogP contribution in [0.25, 0.3) is 0 Å². The molecule has 2 rings (SSSR count). The minimum absolute atomic E-state index is 0.0528. The van der Waals surface area contributed by atoms with E-state index < -0.39 is 11.7 Å². The van der Waals surface area contributed by atoms with E-state index in [0.29, 0.717) is 11.4 Å². The number of hydrogen-bond donors (Lipinski definition) is 2. The van der Waals surface area contributed by atoms with E-state index in [0.717, 1.165) is 0 Å². The lowest BCUT2D eigenvalue weighted by atomic mass is 10.2. The number of amides is 3. The molecular weight excluding hydrogens is 325 g/mol. The first-order valence-corrected chi connectivity index (χ1v) is 7.57. The molecule has 6 nitrogen and oxygen atoms in total. The lowest BCUT2D eigenvalue weighted by Gasteiger charge is -2.21. The fraction of sp³-hybridized carbons (Fsp3) is 0.167. The molecule has 0 atom stereocenters. The third-order valence-electron chi connectivity index (χ3n) is 3.33. The van der Waals surface area contributed by atoms with Gasteiger partial charge in [0.1, 0.15) is 12.4 Å². The van der Waals surface area contributed by atoms with Crippen LogP contribution in [0.5, 0.6) is 0 Å². The Bertz CT molecular complexity index is 790. The number of anilines is 3. The Labute approximate surface area is 144 Å². The molecule has 2 N–H and O–H groups in total. The van der Waals surface area contributed by atoms with Gasteiger partial charge in [0, 0.05) is 25.2 Å². The summed E-state index contributed by atoms with van der Waals surface area (Å²) in [5.41, 5.74) is 1.12. The third kappa shape index (κ3) is 5.13. The van der Waals surface area contributed by atoms with Crippen molar-refractivity contribution in [2.24, 2.45) is 0 Å². The van der Waals surface area contributed by atoms with Gasteiger partial charge >= 0.3 is 0 Å². The van der Waals surface area contributed by atoms with Crippen LogP contribution in [0, 0.1) is 5.82 Å². The van der Waals surface area contributed by atoms with E-state index in [9.17, 15) is 18.8 Å². The predicted molar refractivity (Wildman–Crippen MR) is 93.8 cm³/mol. The number of para-hydroxylation sites is 1. The third-order valence-corrected chi connectivity index (χ3v) is 3.33. The Morgan fingerprint density at radius 3 is 2.16 bits per heavy atom. The van der Waals surface area contributed by atoms with Crippen LogP contribution in [-0.4, -0.2) is 24.3 Å². The quantitative estimate of drug-likeness (QED) is 0.876. The molecule has 2 aromatic carbocycles. The monoisotopic (exact) mass is 343 g/mol. The van der Waals surface area contributed by atoms with Crippen molar-refractivity contribution in [3.8, 4) is 0 Å². The summed E-state index contributed by atoms with van der Waals surface area (Å²) in [7, 11) is 0. The largest absolute Gasteiger partial charge is 0.326 e. The van der Waals surface area contributed by atoms with Gasteiger partial charge in [-0.1, -0.05) is 12.1 Å². The molecule has 25 heavy (non-hydrogen) atoms. The lowest BCUT2D eigenvalue weighted by Crippen LogP contribution is -2.36. The van der Waals surface area contributed by atoms with Crippen LogP contribution in [0.2, 0.25) is 0 Å². The van der Waals surface area contributed by atoms with Crippen molar-refractivity contribution in [3.05, 3.63) is 54.3 Å². The van der Waals surface area contributed by atoms with Crippen LogP contribution in [0.1, 0.15) is 13.8 Å². The molecule has 0 aliphatic heterocycles. The van der Waals surface area contributed by atoms with Crippen LogP contribution >= 0.6 is 0 Å². The molecule has 2 aromatic rings. The summed E-state index contributed by atoms with van der Waals surface area (Å²) in [5, 5.41) is 5.05. The molecule has 0 saturated carbocycles. The molecule has 0 aromatic heterocycles. The predicted octanol–water partition coefficient (Wildman–Crippen LogP) is 2.78. The number of halogens is 1. The minimum atomic E-state index is -0.551. The lowest BCUT2D eigenvalue weighted by molar-refractivity contribution is -0.120. The highest BCUT2D eigenvalue weighted by atomic mass is 19.1. The van der Waals surface area contributed by atoms with Gasteiger partial charge in [-0.25, -0.2) is 4.39 Å². The SMILES string of the molecule is CC(=O)Nc1ccc(N(CC(=O)Nc2ccccc2F)C(C)=O)cc1. The second kappa shape index (κ2) is 8.05. The maximum Gasteiger partial charge on any atom is 0.244 e. The van der Waals surface area contributed by atoms with Gasteiger partial charge in [0.05, 0.1) is 5.69 Å². The zero-order chi connectivity index (χ0) is 18.4. The first-order chi connectivity index (χ1) is 11.9. The number of benzene rings is 2. The van der Waals surface area contributed by atoms with Gasteiger partial charge in [0.25, 0.3) is 0 Å². The number of nitrogens with zero attached hydrogens (tertiary/aromatic N) is 1. The molecule has 0 bridgehead atoms. The van der Waals surface area contributed by atoms with E-state index in [-0.39, 0.29) is 24.0 Å². The molecule has 0 aliphatic carbocycles. The number of carbonyl (C=O) groups is 3. The fourth-order valence-electron chi connectivity index (χ4n) is 2.21. The smallest absolute Gasteiger partial charge is 0.244 e. The molecule has 0 radical (unpaired) electrons. The van der Waals surface area contributed by atoms with Crippen molar-refractivity contribution in [2.45, 2.75) is 13.8 Å².